The average Bonchev–Trinajstić information content (AvgIpc) is 2.71. The second-order valence-electron chi connectivity index (χ2n) is 4.29. The molecule has 0 aromatic rings. The smallest absolute Gasteiger partial charge is 0.125 e. The van der Waals surface area contributed by atoms with Gasteiger partial charge in [0.2, 0.25) is 0 Å². The Morgan fingerprint density at radius 3 is 2.94 bits per heavy atom. The van der Waals surface area contributed by atoms with Gasteiger partial charge in [0.15, 0.2) is 0 Å². The Hall–Kier alpha value is -0.830. The van der Waals surface area contributed by atoms with Crippen molar-refractivity contribution in [1.82, 2.24) is 4.90 Å². The highest BCUT2D eigenvalue weighted by Gasteiger charge is 2.18. The van der Waals surface area contributed by atoms with Crippen LogP contribution < -0.4 is 0 Å². The summed E-state index contributed by atoms with van der Waals surface area (Å²) in [4.78, 5) is 6.37. The van der Waals surface area contributed by atoms with Gasteiger partial charge in [-0.1, -0.05) is 31.9 Å². The molecule has 1 unspecified atom stereocenters. The van der Waals surface area contributed by atoms with Crippen LogP contribution in [-0.2, 0) is 0 Å². The summed E-state index contributed by atoms with van der Waals surface area (Å²) in [5.41, 5.74) is 0. The average molecular weight is 224 g/mol. The van der Waals surface area contributed by atoms with Gasteiger partial charge < -0.3 is 10.0 Å². The number of aliphatic imine (C=N–C) groups is 1. The summed E-state index contributed by atoms with van der Waals surface area (Å²) < 4.78 is 0. The number of rotatable bonds is 7. The van der Waals surface area contributed by atoms with Gasteiger partial charge in [0.25, 0.3) is 0 Å². The quantitative estimate of drug-likeness (QED) is 0.533. The summed E-state index contributed by atoms with van der Waals surface area (Å²) in [6.07, 6.45) is 9.88. The van der Waals surface area contributed by atoms with Gasteiger partial charge in [0, 0.05) is 13.0 Å². The Bertz CT molecular complexity index is 246. The minimum atomic E-state index is -0.408. The molecular formula is C13H24N2O. The van der Waals surface area contributed by atoms with Gasteiger partial charge in [-0.15, -0.1) is 0 Å². The summed E-state index contributed by atoms with van der Waals surface area (Å²) in [6.45, 7) is 5.70. The molecule has 1 rings (SSSR count). The van der Waals surface area contributed by atoms with Gasteiger partial charge in [-0.3, -0.25) is 4.99 Å². The van der Waals surface area contributed by atoms with Crippen LogP contribution in [0.2, 0.25) is 0 Å². The highest BCUT2D eigenvalue weighted by molar-refractivity contribution is 5.85. The van der Waals surface area contributed by atoms with Gasteiger partial charge in [-0.2, -0.15) is 0 Å². The Balaban J connectivity index is 2.21. The van der Waals surface area contributed by atoms with Crippen molar-refractivity contribution in [3.05, 3.63) is 12.2 Å². The molecule has 0 saturated carbocycles. The minimum Gasteiger partial charge on any atom is -0.374 e. The molecule has 1 aliphatic heterocycles. The maximum Gasteiger partial charge on any atom is 0.125 e. The lowest BCUT2D eigenvalue weighted by atomic mass is 10.2. The van der Waals surface area contributed by atoms with E-state index in [1.54, 1.807) is 6.92 Å². The molecule has 1 aliphatic rings. The van der Waals surface area contributed by atoms with E-state index in [9.17, 15) is 5.11 Å². The molecule has 3 heteroatoms. The zero-order chi connectivity index (χ0) is 11.8. The molecule has 0 radical (unpaired) electrons. The predicted octanol–water partition coefficient (Wildman–Crippen LogP) is 2.57. The highest BCUT2D eigenvalue weighted by atomic mass is 16.3. The van der Waals surface area contributed by atoms with Crippen molar-refractivity contribution in [3.8, 4) is 0 Å². The number of nitrogens with zero attached hydrogens (tertiary/aromatic N) is 2. The first-order valence-electron chi connectivity index (χ1n) is 6.38. The normalized spacial score (nSPS) is 18.2. The molecule has 16 heavy (non-hydrogen) atoms. The lowest BCUT2D eigenvalue weighted by Crippen LogP contribution is -2.35. The molecule has 0 aliphatic carbocycles. The summed E-state index contributed by atoms with van der Waals surface area (Å²) in [5.74, 6) is 1.03. The fraction of sp³-hybridized carbons (Fsp3) is 0.769. The first-order valence-corrected chi connectivity index (χ1v) is 6.38. The molecule has 3 nitrogen and oxygen atoms in total. The van der Waals surface area contributed by atoms with E-state index >= 15 is 0 Å². The number of hydrogen-bond acceptors (Lipinski definition) is 3. The number of hydrogen-bond donors (Lipinski definition) is 1. The molecule has 1 heterocycles. The fourth-order valence-corrected chi connectivity index (χ4v) is 1.91. The van der Waals surface area contributed by atoms with E-state index < -0.39 is 6.23 Å². The first-order chi connectivity index (χ1) is 7.75. The van der Waals surface area contributed by atoms with Gasteiger partial charge in [0.1, 0.15) is 12.1 Å². The van der Waals surface area contributed by atoms with Gasteiger partial charge >= 0.3 is 0 Å². The van der Waals surface area contributed by atoms with E-state index in [0.29, 0.717) is 0 Å². The third-order valence-electron chi connectivity index (χ3n) is 2.86. The van der Waals surface area contributed by atoms with Crippen LogP contribution in [0.5, 0.6) is 0 Å². The van der Waals surface area contributed by atoms with Crippen LogP contribution in [0.25, 0.3) is 0 Å². The molecule has 1 N–H and O–H groups in total. The van der Waals surface area contributed by atoms with Crippen LogP contribution in [0.1, 0.15) is 46.0 Å². The predicted molar refractivity (Wildman–Crippen MR) is 68.6 cm³/mol. The Labute approximate surface area is 98.9 Å². The van der Waals surface area contributed by atoms with Crippen molar-refractivity contribution in [2.24, 2.45) is 4.99 Å². The first kappa shape index (κ1) is 13.2. The van der Waals surface area contributed by atoms with Crippen LogP contribution in [0.15, 0.2) is 17.1 Å². The largest absolute Gasteiger partial charge is 0.374 e. The number of allylic oxidation sites excluding steroid dienone is 1. The monoisotopic (exact) mass is 224 g/mol. The van der Waals surface area contributed by atoms with Gasteiger partial charge in [-0.25, -0.2) is 0 Å². The summed E-state index contributed by atoms with van der Waals surface area (Å²) in [5, 5.41) is 9.52. The van der Waals surface area contributed by atoms with E-state index in [-0.39, 0.29) is 0 Å². The van der Waals surface area contributed by atoms with E-state index in [2.05, 4.69) is 24.1 Å². The van der Waals surface area contributed by atoms with Crippen molar-refractivity contribution in [2.75, 3.05) is 13.1 Å². The minimum absolute atomic E-state index is 0.408. The van der Waals surface area contributed by atoms with Crippen molar-refractivity contribution >= 4 is 5.84 Å². The van der Waals surface area contributed by atoms with Crippen LogP contribution in [0.3, 0.4) is 0 Å². The third-order valence-corrected chi connectivity index (χ3v) is 2.86. The maximum atomic E-state index is 9.52. The van der Waals surface area contributed by atoms with Crippen LogP contribution >= 0.6 is 0 Å². The number of aliphatic hydroxyl groups is 1. The Morgan fingerprint density at radius 1 is 1.44 bits per heavy atom. The molecule has 0 amide bonds. The molecule has 0 fully saturated rings. The van der Waals surface area contributed by atoms with E-state index in [1.165, 1.54) is 19.3 Å². The Kier molecular flexibility index (Phi) is 6.16. The molecule has 0 spiro atoms. The molecule has 1 atom stereocenters. The second-order valence-corrected chi connectivity index (χ2v) is 4.29. The molecule has 0 aromatic carbocycles. The lowest BCUT2D eigenvalue weighted by Gasteiger charge is -2.22. The molecule has 92 valence electrons. The third kappa shape index (κ3) is 4.35. The molecule has 0 bridgehead atoms. The summed E-state index contributed by atoms with van der Waals surface area (Å²) in [6, 6.07) is 0. The zero-order valence-electron chi connectivity index (χ0n) is 10.5. The molecule has 0 aromatic heterocycles. The molecule has 0 saturated heterocycles. The van der Waals surface area contributed by atoms with Crippen LogP contribution in [-0.4, -0.2) is 35.2 Å². The second kappa shape index (κ2) is 7.44. The van der Waals surface area contributed by atoms with Crippen molar-refractivity contribution in [1.29, 1.82) is 0 Å². The lowest BCUT2D eigenvalue weighted by molar-refractivity contribution is 0.0771. The van der Waals surface area contributed by atoms with Crippen molar-refractivity contribution in [2.45, 2.75) is 52.2 Å². The topological polar surface area (TPSA) is 35.8 Å². The maximum absolute atomic E-state index is 9.52. The number of aliphatic hydroxyl groups excluding tert-OH is 1. The van der Waals surface area contributed by atoms with Crippen LogP contribution in [0, 0.1) is 0 Å². The molecular weight excluding hydrogens is 200 g/mol. The van der Waals surface area contributed by atoms with E-state index in [1.807, 2.05) is 4.90 Å². The van der Waals surface area contributed by atoms with Gasteiger partial charge in [-0.05, 0) is 19.8 Å². The number of amidine groups is 1. The van der Waals surface area contributed by atoms with Crippen molar-refractivity contribution in [3.63, 3.8) is 0 Å². The standard InChI is InChI=1S/C13H24N2O/c1-3-4-5-6-7-8-9-13-14-10-11-15(13)12(2)16/h7-8,12,16H,3-6,9-11H2,1-2H3/b8-7+. The zero-order valence-corrected chi connectivity index (χ0v) is 10.5. The summed E-state index contributed by atoms with van der Waals surface area (Å²) >= 11 is 0. The SMILES string of the molecule is CCCCC/C=C/CC1=NCCN1C(C)O. The Morgan fingerprint density at radius 2 is 2.25 bits per heavy atom. The van der Waals surface area contributed by atoms with Crippen LogP contribution in [0.4, 0.5) is 0 Å². The highest BCUT2D eigenvalue weighted by Crippen LogP contribution is 2.09. The van der Waals surface area contributed by atoms with Crippen molar-refractivity contribution < 1.29 is 5.11 Å². The number of unbranched alkanes of at least 4 members (excludes halogenated alkanes) is 3. The van der Waals surface area contributed by atoms with Gasteiger partial charge in [0.05, 0.1) is 6.54 Å². The van der Waals surface area contributed by atoms with E-state index in [4.69, 9.17) is 0 Å². The van der Waals surface area contributed by atoms with E-state index in [0.717, 1.165) is 31.8 Å². The summed E-state index contributed by atoms with van der Waals surface area (Å²) in [7, 11) is 0. The fourth-order valence-electron chi connectivity index (χ4n) is 1.91.